The second kappa shape index (κ2) is 15.2. The molecule has 11 heteroatoms. The van der Waals surface area contributed by atoms with Gasteiger partial charge in [0.15, 0.2) is 5.82 Å². The molecule has 61 heavy (non-hydrogen) atoms. The number of benzene rings is 8. The van der Waals surface area contributed by atoms with Crippen molar-refractivity contribution in [1.29, 1.82) is 0 Å². The van der Waals surface area contributed by atoms with Crippen molar-refractivity contribution in [2.75, 3.05) is 0 Å². The van der Waals surface area contributed by atoms with Crippen LogP contribution < -0.4 is 43.7 Å². The molecule has 10 rings (SSSR count). The summed E-state index contributed by atoms with van der Waals surface area (Å²) in [5.41, 5.74) is 24.4. The second-order valence-corrected chi connectivity index (χ2v) is 16.8. The quantitative estimate of drug-likeness (QED) is 0.206. The fourth-order valence-corrected chi connectivity index (χ4v) is 9.60. The Morgan fingerprint density at radius 1 is 0.328 bits per heavy atom. The molecule has 0 aliphatic carbocycles. The first kappa shape index (κ1) is 38.6. The van der Waals surface area contributed by atoms with Gasteiger partial charge < -0.3 is 4.57 Å². The average Bonchev–Trinajstić information content (AvgIpc) is 3.68. The van der Waals surface area contributed by atoms with Crippen LogP contribution in [0, 0.1) is 0 Å². The first-order chi connectivity index (χ1) is 29.6. The molecule has 2 heterocycles. The van der Waals surface area contributed by atoms with Gasteiger partial charge in [-0.1, -0.05) is 166 Å². The number of rotatable bonds is 6. The smallest absolute Gasteiger partial charge is 0.160 e. The summed E-state index contributed by atoms with van der Waals surface area (Å²) in [7, 11) is 18.3. The molecule has 0 N–H and O–H groups in total. The number of hydrogen-bond acceptors (Lipinski definition) is 2. The van der Waals surface area contributed by atoms with Gasteiger partial charge in [0.1, 0.15) is 62.8 Å². The third-order valence-electron chi connectivity index (χ3n) is 13.7. The highest BCUT2D eigenvalue weighted by Crippen LogP contribution is 2.38. The first-order valence-electron chi connectivity index (χ1n) is 21.3. The van der Waals surface area contributed by atoms with Gasteiger partial charge in [0.05, 0.1) is 11.4 Å². The highest BCUT2D eigenvalue weighted by molar-refractivity contribution is 6.71. The summed E-state index contributed by atoms with van der Waals surface area (Å²) >= 11 is 0. The monoisotopic (exact) mass is 771 g/mol. The van der Waals surface area contributed by atoms with E-state index >= 15 is 0 Å². The molecule has 0 amide bonds. The lowest BCUT2D eigenvalue weighted by Gasteiger charge is -2.17. The summed E-state index contributed by atoms with van der Waals surface area (Å²) in [6.45, 7) is 0. The molecule has 0 unspecified atom stereocenters. The molecule has 3 nitrogen and oxygen atoms in total. The standard InChI is InChI=1S/C50H41B8N3/c51-40-38-39-41(52)43(54)45(56)47(58)49(39)61(48(38)46(57)44(55)42(40)53)31-21-19-28(20-22-31)32-23-24-35(34-14-8-7-13-33(32)34)37-25-36(59-50(60-37)30-11-5-2-6-12-30)29-17-15-27(16-18-29)26-9-3-1-4-10-26/h1-25H,51-58H2. The minimum Gasteiger partial charge on any atom is -0.310 e. The molecular formula is C50H41B8N3. The Morgan fingerprint density at radius 3 is 1.33 bits per heavy atom. The van der Waals surface area contributed by atoms with E-state index in [9.17, 15) is 0 Å². The Kier molecular flexibility index (Phi) is 9.59. The van der Waals surface area contributed by atoms with Crippen molar-refractivity contribution >= 4 is 139 Å². The van der Waals surface area contributed by atoms with E-state index in [1.54, 1.807) is 0 Å². The van der Waals surface area contributed by atoms with Gasteiger partial charge in [0, 0.05) is 33.4 Å². The van der Waals surface area contributed by atoms with Crippen LogP contribution in [0.3, 0.4) is 0 Å². The van der Waals surface area contributed by atoms with Crippen molar-refractivity contribution in [3.8, 4) is 61.8 Å². The molecule has 2 aromatic heterocycles. The second-order valence-electron chi connectivity index (χ2n) is 16.8. The average molecular weight is 770 g/mol. The number of hydrogen-bond donors (Lipinski definition) is 0. The van der Waals surface area contributed by atoms with E-state index in [2.05, 4.69) is 201 Å². The fraction of sp³-hybridized carbons (Fsp3) is 0. The molecule has 0 bridgehead atoms. The van der Waals surface area contributed by atoms with Crippen LogP contribution >= 0.6 is 0 Å². The highest BCUT2D eigenvalue weighted by atomic mass is 15.0. The maximum atomic E-state index is 5.24. The SMILES string of the molecule is Bc1c(B)c(B)c2c(c1B)c1c(B)c(B)c(B)c(B)c1n2-c1ccc(-c2ccc(-c3cc(-c4ccc(-c5ccccc5)cc4)nc(-c4ccccc4)n3)c3ccccc23)cc1. The van der Waals surface area contributed by atoms with E-state index in [-0.39, 0.29) is 0 Å². The van der Waals surface area contributed by atoms with Gasteiger partial charge in [0.2, 0.25) is 0 Å². The van der Waals surface area contributed by atoms with E-state index in [0.717, 1.165) is 33.5 Å². The number of fused-ring (bicyclic) bond motifs is 4. The predicted molar refractivity (Wildman–Crippen MR) is 286 cm³/mol. The summed E-state index contributed by atoms with van der Waals surface area (Å²) in [5.74, 6) is 0.709. The molecule has 0 saturated carbocycles. The Morgan fingerprint density at radius 2 is 0.754 bits per heavy atom. The largest absolute Gasteiger partial charge is 0.310 e. The van der Waals surface area contributed by atoms with Gasteiger partial charge >= 0.3 is 0 Å². The van der Waals surface area contributed by atoms with Crippen LogP contribution in [0.15, 0.2) is 152 Å². The summed E-state index contributed by atoms with van der Waals surface area (Å²) in [6.07, 6.45) is 0. The maximum Gasteiger partial charge on any atom is 0.160 e. The van der Waals surface area contributed by atoms with Gasteiger partial charge in [-0.25, -0.2) is 9.97 Å². The molecule has 0 saturated heterocycles. The van der Waals surface area contributed by atoms with E-state index < -0.39 is 0 Å². The summed E-state index contributed by atoms with van der Waals surface area (Å²) < 4.78 is 2.55. The molecule has 0 atom stereocenters. The van der Waals surface area contributed by atoms with Gasteiger partial charge in [-0.05, 0) is 62.0 Å². The van der Waals surface area contributed by atoms with E-state index in [1.807, 2.05) is 18.2 Å². The lowest BCUT2D eigenvalue weighted by atomic mass is 9.63. The molecule has 0 aliphatic rings. The van der Waals surface area contributed by atoms with Crippen LogP contribution in [0.1, 0.15) is 0 Å². The lowest BCUT2D eigenvalue weighted by Crippen LogP contribution is -2.49. The van der Waals surface area contributed by atoms with Crippen molar-refractivity contribution in [2.45, 2.75) is 0 Å². The third-order valence-corrected chi connectivity index (χ3v) is 13.7. The van der Waals surface area contributed by atoms with E-state index in [1.165, 1.54) is 98.8 Å². The van der Waals surface area contributed by atoms with Gasteiger partial charge in [-0.2, -0.15) is 0 Å². The summed E-state index contributed by atoms with van der Waals surface area (Å²) in [5, 5.41) is 5.12. The molecule has 8 aromatic carbocycles. The Bertz CT molecular complexity index is 3290. The van der Waals surface area contributed by atoms with Crippen LogP contribution in [0.25, 0.3) is 94.4 Å². The summed E-state index contributed by atoms with van der Waals surface area (Å²) in [6, 6.07) is 54.1. The van der Waals surface area contributed by atoms with Gasteiger partial charge in [-0.15, -0.1) is 10.9 Å². The number of nitrogens with zero attached hydrogens (tertiary/aromatic N) is 3. The van der Waals surface area contributed by atoms with Gasteiger partial charge in [-0.3, -0.25) is 0 Å². The van der Waals surface area contributed by atoms with Crippen LogP contribution in [-0.4, -0.2) is 77.3 Å². The van der Waals surface area contributed by atoms with Crippen LogP contribution in [0.4, 0.5) is 0 Å². The number of aromatic nitrogens is 3. The molecule has 0 radical (unpaired) electrons. The minimum atomic E-state index is 0.709. The van der Waals surface area contributed by atoms with Crippen molar-refractivity contribution in [2.24, 2.45) is 0 Å². The summed E-state index contributed by atoms with van der Waals surface area (Å²) in [4.78, 5) is 10.4. The normalized spacial score (nSPS) is 11.5. The predicted octanol–water partition coefficient (Wildman–Crippen LogP) is -0.871. The Labute approximate surface area is 365 Å². The van der Waals surface area contributed by atoms with Crippen LogP contribution in [-0.2, 0) is 0 Å². The van der Waals surface area contributed by atoms with Crippen LogP contribution in [0.5, 0.6) is 0 Å². The maximum absolute atomic E-state index is 5.24. The van der Waals surface area contributed by atoms with Crippen molar-refractivity contribution in [1.82, 2.24) is 14.5 Å². The molecular weight excluding hydrogens is 729 g/mol. The van der Waals surface area contributed by atoms with E-state index in [4.69, 9.17) is 9.97 Å². The minimum absolute atomic E-state index is 0.709. The Balaban J connectivity index is 1.11. The molecule has 0 aliphatic heterocycles. The molecule has 280 valence electrons. The molecule has 10 aromatic rings. The first-order valence-corrected chi connectivity index (χ1v) is 21.3. The Hall–Kier alpha value is -6.58. The van der Waals surface area contributed by atoms with Crippen molar-refractivity contribution in [3.63, 3.8) is 0 Å². The third kappa shape index (κ3) is 6.33. The molecule has 0 fully saturated rings. The van der Waals surface area contributed by atoms with Gasteiger partial charge in [0.25, 0.3) is 0 Å². The zero-order valence-corrected chi connectivity index (χ0v) is 36.3. The zero-order valence-electron chi connectivity index (χ0n) is 36.3. The van der Waals surface area contributed by atoms with Crippen molar-refractivity contribution in [3.05, 3.63) is 152 Å². The highest BCUT2D eigenvalue weighted by Gasteiger charge is 2.23. The van der Waals surface area contributed by atoms with Crippen molar-refractivity contribution < 1.29 is 0 Å². The van der Waals surface area contributed by atoms with E-state index in [0.29, 0.717) is 5.82 Å². The zero-order chi connectivity index (χ0) is 42.1. The topological polar surface area (TPSA) is 30.7 Å². The molecule has 0 spiro atoms. The fourth-order valence-electron chi connectivity index (χ4n) is 9.60. The lowest BCUT2D eigenvalue weighted by molar-refractivity contribution is 1.18. The van der Waals surface area contributed by atoms with Crippen LogP contribution in [0.2, 0.25) is 0 Å².